The maximum absolute atomic E-state index is 12.4. The number of hydrogen-bond acceptors (Lipinski definition) is 5. The molecule has 0 bridgehead atoms. The molecule has 1 aromatic heterocycles. The van der Waals surface area contributed by atoms with E-state index in [0.29, 0.717) is 24.5 Å². The monoisotopic (exact) mass is 335 g/mol. The second kappa shape index (κ2) is 8.63. The third kappa shape index (κ3) is 4.92. The first-order chi connectivity index (χ1) is 11.5. The topological polar surface area (TPSA) is 80.8 Å². The molecule has 1 aliphatic rings. The van der Waals surface area contributed by atoms with Gasteiger partial charge in [-0.15, -0.1) is 0 Å². The zero-order valence-electron chi connectivity index (χ0n) is 14.4. The molecule has 2 rings (SSSR count). The Morgan fingerprint density at radius 2 is 2.25 bits per heavy atom. The number of pyridine rings is 1. The zero-order chi connectivity index (χ0) is 17.5. The Morgan fingerprint density at radius 1 is 1.46 bits per heavy atom. The summed E-state index contributed by atoms with van der Waals surface area (Å²) < 4.78 is 10.8. The number of nitrogens with one attached hydrogen (secondary N) is 1. The number of methoxy groups -OCH3 is 1. The van der Waals surface area contributed by atoms with Crippen LogP contribution < -0.4 is 10.1 Å². The molecule has 7 heteroatoms. The second-order valence-electron chi connectivity index (χ2n) is 6.05. The minimum atomic E-state index is -0.460. The normalized spacial score (nSPS) is 18.4. The number of ether oxygens (including phenoxy) is 2. The van der Waals surface area contributed by atoms with E-state index in [1.54, 1.807) is 23.2 Å². The van der Waals surface area contributed by atoms with Crippen LogP contribution in [0.15, 0.2) is 18.3 Å². The fourth-order valence-corrected chi connectivity index (χ4v) is 2.61. The molecule has 1 N–H and O–H groups in total. The summed E-state index contributed by atoms with van der Waals surface area (Å²) >= 11 is 0. The highest BCUT2D eigenvalue weighted by atomic mass is 16.5. The molecular weight excluding hydrogens is 310 g/mol. The lowest BCUT2D eigenvalue weighted by Crippen LogP contribution is -2.43. The highest BCUT2D eigenvalue weighted by Crippen LogP contribution is 2.22. The average molecular weight is 335 g/mol. The van der Waals surface area contributed by atoms with Gasteiger partial charge in [-0.05, 0) is 45.2 Å². The molecular formula is C17H25N3O4. The molecule has 0 saturated carbocycles. The van der Waals surface area contributed by atoms with Crippen LogP contribution in [-0.4, -0.2) is 54.1 Å². The van der Waals surface area contributed by atoms with E-state index in [2.05, 4.69) is 10.3 Å². The van der Waals surface area contributed by atoms with Crippen molar-refractivity contribution in [3.8, 4) is 5.88 Å². The molecule has 0 aliphatic carbocycles. The summed E-state index contributed by atoms with van der Waals surface area (Å²) in [6.07, 6.45) is 3.58. The Hall–Kier alpha value is -2.15. The van der Waals surface area contributed by atoms with Crippen molar-refractivity contribution >= 4 is 17.5 Å². The van der Waals surface area contributed by atoms with Gasteiger partial charge in [-0.3, -0.25) is 9.59 Å². The average Bonchev–Trinajstić information content (AvgIpc) is 2.71. The van der Waals surface area contributed by atoms with Gasteiger partial charge in [0.15, 0.2) is 0 Å². The largest absolute Gasteiger partial charge is 0.473 e. The van der Waals surface area contributed by atoms with Gasteiger partial charge in [0.05, 0.1) is 12.6 Å². The minimum Gasteiger partial charge on any atom is -0.473 e. The second-order valence-corrected chi connectivity index (χ2v) is 6.05. The number of anilines is 1. The van der Waals surface area contributed by atoms with Crippen LogP contribution in [0.5, 0.6) is 5.88 Å². The molecule has 1 aromatic rings. The molecule has 24 heavy (non-hydrogen) atoms. The highest BCUT2D eigenvalue weighted by molar-refractivity contribution is 5.96. The van der Waals surface area contributed by atoms with Gasteiger partial charge in [0, 0.05) is 19.9 Å². The van der Waals surface area contributed by atoms with E-state index >= 15 is 0 Å². The molecule has 1 saturated heterocycles. The lowest BCUT2D eigenvalue weighted by Gasteiger charge is -2.23. The lowest BCUT2D eigenvalue weighted by molar-refractivity contribution is -0.143. The van der Waals surface area contributed by atoms with Crippen molar-refractivity contribution in [1.82, 2.24) is 9.88 Å². The van der Waals surface area contributed by atoms with Gasteiger partial charge >= 0.3 is 0 Å². The summed E-state index contributed by atoms with van der Waals surface area (Å²) in [4.78, 5) is 30.4. The van der Waals surface area contributed by atoms with Crippen LogP contribution in [0.4, 0.5) is 5.69 Å². The fraction of sp³-hybridized carbons (Fsp3) is 0.588. The van der Waals surface area contributed by atoms with Crippen LogP contribution in [0.2, 0.25) is 0 Å². The lowest BCUT2D eigenvalue weighted by atomic mass is 10.2. The van der Waals surface area contributed by atoms with E-state index in [1.807, 2.05) is 13.8 Å². The van der Waals surface area contributed by atoms with E-state index in [0.717, 1.165) is 12.8 Å². The predicted octanol–water partition coefficient (Wildman–Crippen LogP) is 1.83. The maximum Gasteiger partial charge on any atom is 0.252 e. The number of carbonyl (C=O) groups is 2. The number of hydrogen-bond donors (Lipinski definition) is 1. The number of rotatable bonds is 6. The molecule has 0 spiro atoms. The van der Waals surface area contributed by atoms with E-state index < -0.39 is 6.10 Å². The van der Waals surface area contributed by atoms with E-state index in [4.69, 9.17) is 9.47 Å². The standard InChI is InChI=1S/C17H25N3O4/c1-12(2)24-16-13(7-6-9-18-16)19-15(21)11-20-10-5-4-8-14(23-3)17(20)22/h6-7,9,12,14H,4-5,8,10-11H2,1-3H3,(H,19,21). The minimum absolute atomic E-state index is 0.00525. The smallest absolute Gasteiger partial charge is 0.252 e. The number of aromatic nitrogens is 1. The Bertz CT molecular complexity index is 577. The third-order valence-electron chi connectivity index (χ3n) is 3.74. The van der Waals surface area contributed by atoms with Crippen molar-refractivity contribution in [2.24, 2.45) is 0 Å². The summed E-state index contributed by atoms with van der Waals surface area (Å²) in [5.41, 5.74) is 0.502. The summed E-state index contributed by atoms with van der Waals surface area (Å²) in [6, 6.07) is 3.45. The summed E-state index contributed by atoms with van der Waals surface area (Å²) in [5, 5.41) is 2.78. The Labute approximate surface area is 142 Å². The van der Waals surface area contributed by atoms with Crippen molar-refractivity contribution in [3.63, 3.8) is 0 Å². The van der Waals surface area contributed by atoms with E-state index in [9.17, 15) is 9.59 Å². The molecule has 0 aromatic carbocycles. The molecule has 1 aliphatic heterocycles. The van der Waals surface area contributed by atoms with Crippen molar-refractivity contribution < 1.29 is 19.1 Å². The molecule has 2 heterocycles. The van der Waals surface area contributed by atoms with Crippen LogP contribution in [0.3, 0.4) is 0 Å². The first-order valence-electron chi connectivity index (χ1n) is 8.24. The van der Waals surface area contributed by atoms with Gasteiger partial charge in [-0.2, -0.15) is 0 Å². The SMILES string of the molecule is COC1CCCCN(CC(=O)Nc2cccnc2OC(C)C)C1=O. The highest BCUT2D eigenvalue weighted by Gasteiger charge is 2.28. The van der Waals surface area contributed by atoms with Gasteiger partial charge in [0.25, 0.3) is 5.91 Å². The summed E-state index contributed by atoms with van der Waals surface area (Å²) in [6.45, 7) is 4.34. The van der Waals surface area contributed by atoms with Crippen molar-refractivity contribution in [1.29, 1.82) is 0 Å². The molecule has 0 radical (unpaired) electrons. The first-order valence-corrected chi connectivity index (χ1v) is 8.24. The first kappa shape index (κ1) is 18.2. The molecule has 2 amide bonds. The Balaban J connectivity index is 2.01. The van der Waals surface area contributed by atoms with Gasteiger partial charge in [-0.1, -0.05) is 0 Å². The molecule has 1 fully saturated rings. The predicted molar refractivity (Wildman–Crippen MR) is 89.9 cm³/mol. The quantitative estimate of drug-likeness (QED) is 0.858. The molecule has 1 unspecified atom stereocenters. The van der Waals surface area contributed by atoms with Gasteiger partial charge in [-0.25, -0.2) is 4.98 Å². The number of likely N-dealkylation sites (tertiary alicyclic amines) is 1. The van der Waals surface area contributed by atoms with Gasteiger partial charge in [0.1, 0.15) is 11.8 Å². The Kier molecular flexibility index (Phi) is 6.54. The number of nitrogens with zero attached hydrogens (tertiary/aromatic N) is 2. The fourth-order valence-electron chi connectivity index (χ4n) is 2.61. The van der Waals surface area contributed by atoms with Crippen LogP contribution in [0.25, 0.3) is 0 Å². The van der Waals surface area contributed by atoms with Crippen LogP contribution in [-0.2, 0) is 14.3 Å². The number of amides is 2. The molecule has 132 valence electrons. The van der Waals surface area contributed by atoms with Crippen LogP contribution in [0, 0.1) is 0 Å². The number of carbonyl (C=O) groups excluding carboxylic acids is 2. The maximum atomic E-state index is 12.4. The van der Waals surface area contributed by atoms with E-state index in [1.165, 1.54) is 7.11 Å². The summed E-state index contributed by atoms with van der Waals surface area (Å²) in [5.74, 6) is -0.0329. The van der Waals surface area contributed by atoms with Crippen molar-refractivity contribution in [3.05, 3.63) is 18.3 Å². The summed E-state index contributed by atoms with van der Waals surface area (Å²) in [7, 11) is 1.53. The zero-order valence-corrected chi connectivity index (χ0v) is 14.4. The van der Waals surface area contributed by atoms with Crippen LogP contribution in [0.1, 0.15) is 33.1 Å². The van der Waals surface area contributed by atoms with Crippen molar-refractivity contribution in [2.75, 3.05) is 25.5 Å². The Morgan fingerprint density at radius 3 is 2.96 bits per heavy atom. The van der Waals surface area contributed by atoms with Gasteiger partial charge < -0.3 is 19.7 Å². The van der Waals surface area contributed by atoms with Crippen molar-refractivity contribution in [2.45, 2.75) is 45.3 Å². The molecule has 1 atom stereocenters. The third-order valence-corrected chi connectivity index (χ3v) is 3.74. The van der Waals surface area contributed by atoms with E-state index in [-0.39, 0.29) is 24.5 Å². The molecule has 7 nitrogen and oxygen atoms in total. The van der Waals surface area contributed by atoms with Crippen LogP contribution >= 0.6 is 0 Å². The van der Waals surface area contributed by atoms with Gasteiger partial charge in [0.2, 0.25) is 11.8 Å².